The average Bonchev–Trinajstić information content (AvgIpc) is 3.02. The van der Waals surface area contributed by atoms with Gasteiger partial charge >= 0.3 is 0 Å². The molecule has 0 amide bonds. The zero-order valence-electron chi connectivity index (χ0n) is 18.2. The molecule has 1 aromatic carbocycles. The fourth-order valence-corrected chi connectivity index (χ4v) is 4.38. The third kappa shape index (κ3) is 5.33. The minimum absolute atomic E-state index is 0.396. The van der Waals surface area contributed by atoms with Gasteiger partial charge in [0.25, 0.3) is 0 Å². The Balaban J connectivity index is 1.96. The van der Waals surface area contributed by atoms with Gasteiger partial charge in [-0.25, -0.2) is 15.0 Å². The smallest absolute Gasteiger partial charge is 0.175 e. The van der Waals surface area contributed by atoms with E-state index >= 15 is 0 Å². The third-order valence-electron chi connectivity index (χ3n) is 4.90. The fourth-order valence-electron chi connectivity index (χ4n) is 3.07. The molecule has 3 rings (SSSR count). The van der Waals surface area contributed by atoms with Crippen molar-refractivity contribution in [2.75, 3.05) is 12.3 Å². The van der Waals surface area contributed by atoms with Crippen molar-refractivity contribution in [2.45, 2.75) is 63.7 Å². The molecular weight excluding hydrogens is 416 g/mol. The van der Waals surface area contributed by atoms with Crippen LogP contribution in [0.5, 0.6) is 0 Å². The Hall–Kier alpha value is -2.09. The van der Waals surface area contributed by atoms with E-state index in [0.717, 1.165) is 40.8 Å². The molecule has 2 aromatic heterocycles. The molecule has 0 aliphatic heterocycles. The fraction of sp³-hybridized carbons (Fsp3) is 0.409. The SMILES string of the molecule is CC(C)=C(C)c1cc(Cl)cc(Sc2nc3c(N)ncnc3n2CCCNC(C)C)c1. The van der Waals surface area contributed by atoms with Gasteiger partial charge in [-0.3, -0.25) is 0 Å². The molecular formula is C22H29ClN6S. The molecule has 0 fully saturated rings. The second-order valence-electron chi connectivity index (χ2n) is 7.84. The Labute approximate surface area is 187 Å². The zero-order chi connectivity index (χ0) is 21.8. The number of imidazole rings is 1. The Morgan fingerprint density at radius 1 is 1.20 bits per heavy atom. The maximum atomic E-state index is 6.43. The molecule has 0 aliphatic carbocycles. The molecule has 0 saturated heterocycles. The molecule has 0 bridgehead atoms. The summed E-state index contributed by atoms with van der Waals surface area (Å²) in [4.78, 5) is 14.3. The van der Waals surface area contributed by atoms with Crippen LogP contribution in [0.1, 0.15) is 46.6 Å². The van der Waals surface area contributed by atoms with E-state index in [-0.39, 0.29) is 0 Å². The number of aryl methyl sites for hydroxylation is 1. The van der Waals surface area contributed by atoms with E-state index in [9.17, 15) is 0 Å². The Bertz CT molecular complexity index is 1070. The van der Waals surface area contributed by atoms with Gasteiger partial charge in [0.05, 0.1) is 0 Å². The van der Waals surface area contributed by atoms with Crippen LogP contribution in [0.2, 0.25) is 5.02 Å². The number of nitrogens with zero attached hydrogens (tertiary/aromatic N) is 4. The second kappa shape index (κ2) is 9.81. The van der Waals surface area contributed by atoms with Crippen LogP contribution in [0.3, 0.4) is 0 Å². The van der Waals surface area contributed by atoms with Gasteiger partial charge in [-0.15, -0.1) is 0 Å². The van der Waals surface area contributed by atoms with Gasteiger partial charge in [-0.05, 0) is 63.1 Å². The highest BCUT2D eigenvalue weighted by Crippen LogP contribution is 2.34. The standard InChI is InChI=1S/C22H29ClN6S/c1-13(2)15(5)16-9-17(23)11-18(10-16)30-22-28-19-20(24)26-12-27-21(19)29(22)8-6-7-25-14(3)4/h9-12,14,25H,6-8H2,1-5H3,(H2,24,26,27). The molecule has 160 valence electrons. The maximum absolute atomic E-state index is 6.43. The predicted octanol–water partition coefficient (Wildman–Crippen LogP) is 5.41. The number of halogens is 1. The minimum Gasteiger partial charge on any atom is -0.382 e. The first-order chi connectivity index (χ1) is 14.3. The molecule has 8 heteroatoms. The van der Waals surface area contributed by atoms with E-state index < -0.39 is 0 Å². The Kier molecular flexibility index (Phi) is 7.39. The van der Waals surface area contributed by atoms with E-state index in [2.05, 4.69) is 60.5 Å². The number of fused-ring (bicyclic) bond motifs is 1. The number of allylic oxidation sites excluding steroid dienone is 2. The summed E-state index contributed by atoms with van der Waals surface area (Å²) in [5, 5.41) is 5.00. The molecule has 0 unspecified atom stereocenters. The van der Waals surface area contributed by atoms with Crippen molar-refractivity contribution >= 4 is 45.9 Å². The lowest BCUT2D eigenvalue weighted by atomic mass is 10.0. The summed E-state index contributed by atoms with van der Waals surface area (Å²) in [5.41, 5.74) is 11.1. The molecule has 0 radical (unpaired) electrons. The third-order valence-corrected chi connectivity index (χ3v) is 6.08. The van der Waals surface area contributed by atoms with E-state index in [0.29, 0.717) is 22.4 Å². The van der Waals surface area contributed by atoms with Crippen LogP contribution >= 0.6 is 23.4 Å². The van der Waals surface area contributed by atoms with Crippen LogP contribution < -0.4 is 11.1 Å². The molecule has 0 spiro atoms. The highest BCUT2D eigenvalue weighted by atomic mass is 35.5. The number of anilines is 1. The Morgan fingerprint density at radius 3 is 2.67 bits per heavy atom. The summed E-state index contributed by atoms with van der Waals surface area (Å²) >= 11 is 8.00. The number of aromatic nitrogens is 4. The van der Waals surface area contributed by atoms with Crippen LogP contribution in [0.4, 0.5) is 5.82 Å². The number of nitrogens with two attached hydrogens (primary N) is 1. The van der Waals surface area contributed by atoms with Crippen molar-refractivity contribution in [1.29, 1.82) is 0 Å². The van der Waals surface area contributed by atoms with Crippen LogP contribution in [0.25, 0.3) is 16.7 Å². The molecule has 3 N–H and O–H groups in total. The molecule has 3 aromatic rings. The Morgan fingerprint density at radius 2 is 1.97 bits per heavy atom. The monoisotopic (exact) mass is 444 g/mol. The van der Waals surface area contributed by atoms with Crippen molar-refractivity contribution in [3.05, 3.63) is 40.7 Å². The number of benzene rings is 1. The quantitative estimate of drug-likeness (QED) is 0.452. The summed E-state index contributed by atoms with van der Waals surface area (Å²) in [5.74, 6) is 0.396. The first-order valence-corrected chi connectivity index (χ1v) is 11.3. The summed E-state index contributed by atoms with van der Waals surface area (Å²) in [6.07, 6.45) is 2.45. The zero-order valence-corrected chi connectivity index (χ0v) is 19.7. The van der Waals surface area contributed by atoms with Gasteiger partial charge in [0, 0.05) is 22.5 Å². The molecule has 0 aliphatic rings. The average molecular weight is 445 g/mol. The first-order valence-electron chi connectivity index (χ1n) is 10.1. The number of nitrogen functional groups attached to an aromatic ring is 1. The highest BCUT2D eigenvalue weighted by molar-refractivity contribution is 7.99. The van der Waals surface area contributed by atoms with Crippen molar-refractivity contribution in [3.63, 3.8) is 0 Å². The summed E-state index contributed by atoms with van der Waals surface area (Å²) in [6, 6.07) is 6.57. The van der Waals surface area contributed by atoms with Gasteiger partial charge in [0.1, 0.15) is 6.33 Å². The van der Waals surface area contributed by atoms with E-state index in [1.165, 1.54) is 17.5 Å². The second-order valence-corrected chi connectivity index (χ2v) is 9.32. The van der Waals surface area contributed by atoms with Gasteiger partial charge in [-0.2, -0.15) is 0 Å². The highest BCUT2D eigenvalue weighted by Gasteiger charge is 2.16. The molecule has 0 atom stereocenters. The van der Waals surface area contributed by atoms with Gasteiger partial charge in [-0.1, -0.05) is 42.8 Å². The van der Waals surface area contributed by atoms with Gasteiger partial charge in [0.2, 0.25) is 0 Å². The molecule has 30 heavy (non-hydrogen) atoms. The van der Waals surface area contributed by atoms with E-state index in [4.69, 9.17) is 22.3 Å². The number of hydrogen-bond acceptors (Lipinski definition) is 6. The summed E-state index contributed by atoms with van der Waals surface area (Å²) in [6.45, 7) is 12.3. The van der Waals surface area contributed by atoms with Crippen LogP contribution in [-0.4, -0.2) is 32.1 Å². The van der Waals surface area contributed by atoms with Crippen LogP contribution in [0.15, 0.2) is 40.2 Å². The van der Waals surface area contributed by atoms with E-state index in [1.54, 1.807) is 11.8 Å². The topological polar surface area (TPSA) is 81.7 Å². The van der Waals surface area contributed by atoms with Crippen LogP contribution in [0, 0.1) is 0 Å². The number of nitrogens with one attached hydrogen (secondary N) is 1. The molecule has 0 saturated carbocycles. The largest absolute Gasteiger partial charge is 0.382 e. The van der Waals surface area contributed by atoms with Crippen molar-refractivity contribution < 1.29 is 0 Å². The maximum Gasteiger partial charge on any atom is 0.175 e. The number of rotatable bonds is 8. The van der Waals surface area contributed by atoms with Gasteiger partial charge < -0.3 is 15.6 Å². The lowest BCUT2D eigenvalue weighted by molar-refractivity contribution is 0.525. The molecule has 2 heterocycles. The van der Waals surface area contributed by atoms with Crippen molar-refractivity contribution in [2.24, 2.45) is 0 Å². The summed E-state index contributed by atoms with van der Waals surface area (Å²) < 4.78 is 2.12. The molecule has 6 nitrogen and oxygen atoms in total. The lowest BCUT2D eigenvalue weighted by Gasteiger charge is -2.12. The first kappa shape index (κ1) is 22.6. The van der Waals surface area contributed by atoms with E-state index in [1.807, 2.05) is 12.1 Å². The predicted molar refractivity (Wildman–Crippen MR) is 127 cm³/mol. The number of hydrogen-bond donors (Lipinski definition) is 2. The lowest BCUT2D eigenvalue weighted by Crippen LogP contribution is -2.24. The van der Waals surface area contributed by atoms with Crippen LogP contribution in [-0.2, 0) is 6.54 Å². The van der Waals surface area contributed by atoms with Crippen molar-refractivity contribution in [1.82, 2.24) is 24.8 Å². The summed E-state index contributed by atoms with van der Waals surface area (Å²) in [7, 11) is 0. The minimum atomic E-state index is 0.396. The van der Waals surface area contributed by atoms with Gasteiger partial charge in [0.15, 0.2) is 22.1 Å². The normalized spacial score (nSPS) is 11.4. The van der Waals surface area contributed by atoms with Crippen molar-refractivity contribution in [3.8, 4) is 0 Å².